The van der Waals surface area contributed by atoms with E-state index < -0.39 is 33.9 Å². The van der Waals surface area contributed by atoms with Crippen LogP contribution in [0.25, 0.3) is 0 Å². The van der Waals surface area contributed by atoms with Gasteiger partial charge in [0.1, 0.15) is 6.04 Å². The molecule has 12 heteroatoms. The number of piperidine rings is 1. The number of hydrogen-bond acceptors (Lipinski definition) is 8. The smallest absolute Gasteiger partial charge is 0.748 e. The first kappa shape index (κ1) is 23.8. The van der Waals surface area contributed by atoms with E-state index >= 15 is 0 Å². The van der Waals surface area contributed by atoms with Crippen molar-refractivity contribution in [3.8, 4) is 0 Å². The quantitative estimate of drug-likeness (QED) is 0.223. The van der Waals surface area contributed by atoms with E-state index in [9.17, 15) is 32.1 Å². The van der Waals surface area contributed by atoms with E-state index in [1.807, 2.05) is 0 Å². The van der Waals surface area contributed by atoms with Crippen molar-refractivity contribution in [3.05, 3.63) is 35.4 Å². The van der Waals surface area contributed by atoms with Crippen molar-refractivity contribution in [2.75, 3.05) is 11.5 Å². The van der Waals surface area contributed by atoms with Crippen molar-refractivity contribution in [1.82, 2.24) is 10.2 Å². The third-order valence-electron chi connectivity index (χ3n) is 3.69. The number of rotatable bonds is 3. The van der Waals surface area contributed by atoms with E-state index in [-0.39, 0.29) is 59.8 Å². The largest absolute Gasteiger partial charge is 1.00 e. The van der Waals surface area contributed by atoms with Gasteiger partial charge in [-0.3, -0.25) is 29.4 Å². The molecule has 1 saturated heterocycles. The van der Waals surface area contributed by atoms with E-state index in [0.29, 0.717) is 11.1 Å². The molecule has 27 heavy (non-hydrogen) atoms. The topological polar surface area (TPSA) is 141 Å². The standard InChI is InChI=1S/C13H10N2O4.C2H6O3S2.Na/c16-10-6-5-9(11(17)14-10)15-12(18)7-3-1-2-4-8(7)13(15)19;3-7(4,5)2-1-6;/h1-4,9H,5-6H2,(H,14,16,17);6H,1-2H2,(H,3,4,5);/q;;+1/p-1. The molecule has 140 valence electrons. The minimum absolute atomic E-state index is 0. The van der Waals surface area contributed by atoms with Crippen LogP contribution in [0.2, 0.25) is 0 Å². The van der Waals surface area contributed by atoms with E-state index in [4.69, 9.17) is 0 Å². The summed E-state index contributed by atoms with van der Waals surface area (Å²) in [4.78, 5) is 48.1. The Labute approximate surface area is 183 Å². The second kappa shape index (κ2) is 9.80. The van der Waals surface area contributed by atoms with Crippen LogP contribution >= 0.6 is 12.6 Å². The molecule has 4 amide bonds. The number of nitrogens with one attached hydrogen (secondary N) is 1. The molecule has 1 aromatic rings. The van der Waals surface area contributed by atoms with Crippen molar-refractivity contribution in [2.45, 2.75) is 18.9 Å². The molecule has 0 bridgehead atoms. The van der Waals surface area contributed by atoms with Gasteiger partial charge in [0, 0.05) is 17.9 Å². The molecule has 2 aliphatic heterocycles. The van der Waals surface area contributed by atoms with Crippen LogP contribution in [0.15, 0.2) is 24.3 Å². The van der Waals surface area contributed by atoms with Crippen LogP contribution in [-0.4, -0.2) is 59.0 Å². The maximum Gasteiger partial charge on any atom is 1.00 e. The summed E-state index contributed by atoms with van der Waals surface area (Å²) in [6.07, 6.45) is 0.306. The molecule has 0 spiro atoms. The summed E-state index contributed by atoms with van der Waals surface area (Å²) in [6, 6.07) is 5.55. The molecule has 1 aromatic carbocycles. The van der Waals surface area contributed by atoms with Crippen LogP contribution in [0.5, 0.6) is 0 Å². The third kappa shape index (κ3) is 5.87. The van der Waals surface area contributed by atoms with Crippen molar-refractivity contribution >= 4 is 46.4 Å². The van der Waals surface area contributed by atoms with E-state index in [1.54, 1.807) is 24.3 Å². The van der Waals surface area contributed by atoms with Gasteiger partial charge >= 0.3 is 29.6 Å². The molecule has 2 heterocycles. The van der Waals surface area contributed by atoms with Gasteiger partial charge in [-0.15, -0.1) is 0 Å². The van der Waals surface area contributed by atoms with E-state index in [0.717, 1.165) is 4.90 Å². The van der Waals surface area contributed by atoms with E-state index in [2.05, 4.69) is 17.9 Å². The minimum atomic E-state index is -4.00. The monoisotopic (exact) mass is 422 g/mol. The Morgan fingerprint density at radius 1 is 1.11 bits per heavy atom. The Bertz CT molecular complexity index is 838. The van der Waals surface area contributed by atoms with Gasteiger partial charge in [0.25, 0.3) is 11.8 Å². The summed E-state index contributed by atoms with van der Waals surface area (Å²) in [5.74, 6) is -2.20. The fourth-order valence-electron chi connectivity index (χ4n) is 2.53. The van der Waals surface area contributed by atoms with E-state index in [1.165, 1.54) is 0 Å². The van der Waals surface area contributed by atoms with Gasteiger partial charge in [0.05, 0.1) is 21.2 Å². The zero-order chi connectivity index (χ0) is 19.5. The predicted octanol–water partition coefficient (Wildman–Crippen LogP) is -3.45. The van der Waals surface area contributed by atoms with Gasteiger partial charge in [-0.25, -0.2) is 8.42 Å². The maximum absolute atomic E-state index is 12.2. The summed E-state index contributed by atoms with van der Waals surface area (Å²) in [7, 11) is -4.00. The predicted molar refractivity (Wildman–Crippen MR) is 91.5 cm³/mol. The van der Waals surface area contributed by atoms with Crippen LogP contribution in [0.4, 0.5) is 0 Å². The number of carbonyl (C=O) groups is 4. The van der Waals surface area contributed by atoms with Crippen molar-refractivity contribution < 1.29 is 61.7 Å². The third-order valence-corrected chi connectivity index (χ3v) is 4.92. The Hall–Kier alpha value is -1.24. The molecular weight excluding hydrogens is 407 g/mol. The molecule has 0 radical (unpaired) electrons. The maximum atomic E-state index is 12.2. The molecule has 0 aromatic heterocycles. The zero-order valence-corrected chi connectivity index (χ0v) is 18.1. The summed E-state index contributed by atoms with van der Waals surface area (Å²) in [5.41, 5.74) is 0.606. The number of amides is 4. The molecule has 0 saturated carbocycles. The molecule has 1 fully saturated rings. The fourth-order valence-corrected chi connectivity index (χ4v) is 3.43. The van der Waals surface area contributed by atoms with Crippen LogP contribution in [0.1, 0.15) is 33.6 Å². The van der Waals surface area contributed by atoms with Crippen LogP contribution in [0.3, 0.4) is 0 Å². The number of fused-ring (bicyclic) bond motifs is 1. The molecule has 0 aliphatic carbocycles. The number of imide groups is 2. The van der Waals surface area contributed by atoms with Gasteiger partial charge in [0.15, 0.2) is 0 Å². The summed E-state index contributed by atoms with van der Waals surface area (Å²) < 4.78 is 28.9. The average Bonchev–Trinajstić information content (AvgIpc) is 2.80. The van der Waals surface area contributed by atoms with Crippen LogP contribution in [0, 0.1) is 0 Å². The normalized spacial score (nSPS) is 18.9. The Morgan fingerprint density at radius 3 is 2.00 bits per heavy atom. The second-order valence-electron chi connectivity index (χ2n) is 5.48. The zero-order valence-electron chi connectivity index (χ0n) is 14.4. The average molecular weight is 422 g/mol. The molecule has 9 nitrogen and oxygen atoms in total. The van der Waals surface area contributed by atoms with Crippen molar-refractivity contribution in [3.63, 3.8) is 0 Å². The number of hydrogen-bond donors (Lipinski definition) is 2. The number of thiol groups is 1. The summed E-state index contributed by atoms with van der Waals surface area (Å²) in [5, 5.41) is 2.15. The summed E-state index contributed by atoms with van der Waals surface area (Å²) in [6.45, 7) is 0. The number of carbonyl (C=O) groups excluding carboxylic acids is 4. The SMILES string of the molecule is O=C1CCC(N2C(=O)c3ccccc3C2=O)C(=O)N1.O=S(=O)([O-])CCS.[Na+]. The molecule has 1 atom stereocenters. The first-order valence-electron chi connectivity index (χ1n) is 7.50. The van der Waals surface area contributed by atoms with Crippen molar-refractivity contribution in [2.24, 2.45) is 0 Å². The van der Waals surface area contributed by atoms with Gasteiger partial charge in [0.2, 0.25) is 11.8 Å². The van der Waals surface area contributed by atoms with Gasteiger partial charge in [-0.1, -0.05) is 12.1 Å². The Morgan fingerprint density at radius 2 is 1.63 bits per heavy atom. The Balaban J connectivity index is 0.000000395. The molecule has 1 N–H and O–H groups in total. The number of benzene rings is 1. The van der Waals surface area contributed by atoms with Crippen molar-refractivity contribution in [1.29, 1.82) is 0 Å². The first-order chi connectivity index (χ1) is 12.2. The molecular formula is C15H15N2NaO7S2. The van der Waals surface area contributed by atoms with Gasteiger partial charge in [-0.05, 0) is 18.6 Å². The van der Waals surface area contributed by atoms with Crippen LogP contribution < -0.4 is 34.9 Å². The number of nitrogens with zero attached hydrogens (tertiary/aromatic N) is 1. The van der Waals surface area contributed by atoms with Crippen LogP contribution in [-0.2, 0) is 19.7 Å². The molecule has 1 unspecified atom stereocenters. The second-order valence-corrected chi connectivity index (χ2v) is 7.45. The fraction of sp³-hybridized carbons (Fsp3) is 0.333. The minimum Gasteiger partial charge on any atom is -0.748 e. The Kier molecular flexibility index (Phi) is 8.64. The molecule has 3 rings (SSSR count). The summed E-state index contributed by atoms with van der Waals surface area (Å²) >= 11 is 3.53. The first-order valence-corrected chi connectivity index (χ1v) is 9.71. The molecule has 2 aliphatic rings. The van der Waals surface area contributed by atoms with Gasteiger partial charge < -0.3 is 4.55 Å². The van der Waals surface area contributed by atoms with Gasteiger partial charge in [-0.2, -0.15) is 12.6 Å².